The Bertz CT molecular complexity index is 643. The summed E-state index contributed by atoms with van der Waals surface area (Å²) in [6.45, 7) is 5.09. The van der Waals surface area contributed by atoms with Crippen molar-refractivity contribution >= 4 is 29.3 Å². The molecule has 0 saturated heterocycles. The molecular formula is C16H20ClN3O2S. The highest BCUT2D eigenvalue weighted by Gasteiger charge is 2.13. The summed E-state index contributed by atoms with van der Waals surface area (Å²) in [5.74, 6) is 1.49. The molecule has 0 unspecified atom stereocenters. The molecule has 124 valence electrons. The third-order valence-corrected chi connectivity index (χ3v) is 4.50. The molecule has 0 spiro atoms. The quantitative estimate of drug-likeness (QED) is 0.407. The maximum atomic E-state index is 11.3. The smallest absolute Gasteiger partial charge is 0.305 e. The van der Waals surface area contributed by atoms with E-state index < -0.39 is 0 Å². The largest absolute Gasteiger partial charge is 0.466 e. The monoisotopic (exact) mass is 353 g/mol. The normalized spacial score (nSPS) is 10.7. The zero-order valence-electron chi connectivity index (χ0n) is 13.3. The average Bonchev–Trinajstić information content (AvgIpc) is 2.95. The number of aromatic nitrogens is 3. The van der Waals surface area contributed by atoms with Crippen molar-refractivity contribution in [2.75, 3.05) is 12.4 Å². The molecule has 23 heavy (non-hydrogen) atoms. The first kappa shape index (κ1) is 17.8. The number of ether oxygens (including phenoxy) is 1. The summed E-state index contributed by atoms with van der Waals surface area (Å²) >= 11 is 7.53. The molecule has 0 amide bonds. The van der Waals surface area contributed by atoms with E-state index in [1.807, 2.05) is 31.2 Å². The van der Waals surface area contributed by atoms with E-state index in [-0.39, 0.29) is 5.97 Å². The fourth-order valence-electron chi connectivity index (χ4n) is 2.11. The molecular weight excluding hydrogens is 334 g/mol. The second kappa shape index (κ2) is 8.93. The summed E-state index contributed by atoms with van der Waals surface area (Å²) < 4.78 is 6.99. The molecule has 0 radical (unpaired) electrons. The number of hydrogen-bond acceptors (Lipinski definition) is 5. The first-order chi connectivity index (χ1) is 11.2. The summed E-state index contributed by atoms with van der Waals surface area (Å²) in [6.07, 6.45) is 1.20. The molecule has 0 aliphatic rings. The molecule has 0 bridgehead atoms. The molecule has 1 aromatic heterocycles. The number of carbonyl (C=O) groups is 1. The van der Waals surface area contributed by atoms with Crippen molar-refractivity contribution in [2.45, 2.75) is 38.4 Å². The molecule has 2 aromatic rings. The van der Waals surface area contributed by atoms with Gasteiger partial charge in [-0.15, -0.1) is 10.2 Å². The van der Waals surface area contributed by atoms with Gasteiger partial charge in [0.25, 0.3) is 0 Å². The lowest BCUT2D eigenvalue weighted by Gasteiger charge is -2.07. The van der Waals surface area contributed by atoms with Gasteiger partial charge in [0.2, 0.25) is 0 Å². The predicted molar refractivity (Wildman–Crippen MR) is 92.7 cm³/mol. The van der Waals surface area contributed by atoms with Gasteiger partial charge >= 0.3 is 5.97 Å². The lowest BCUT2D eigenvalue weighted by molar-refractivity contribution is -0.143. The molecule has 1 heterocycles. The standard InChI is InChI=1S/C16H20ClN3O2S/c1-3-20-15(12-7-9-13(17)10-8-12)18-19-16(20)23-11-5-6-14(21)22-4-2/h7-10H,3-6,11H2,1-2H3. The van der Waals surface area contributed by atoms with Crippen molar-refractivity contribution < 1.29 is 9.53 Å². The third-order valence-electron chi connectivity index (χ3n) is 3.20. The molecule has 0 atom stereocenters. The molecule has 0 aliphatic heterocycles. The van der Waals surface area contributed by atoms with E-state index in [1.165, 1.54) is 0 Å². The van der Waals surface area contributed by atoms with E-state index in [9.17, 15) is 4.79 Å². The predicted octanol–water partition coefficient (Wildman–Crippen LogP) is 4.05. The molecule has 0 saturated carbocycles. The van der Waals surface area contributed by atoms with Gasteiger partial charge in [-0.2, -0.15) is 0 Å². The third kappa shape index (κ3) is 4.97. The van der Waals surface area contributed by atoms with Gasteiger partial charge in [0.1, 0.15) is 0 Å². The molecule has 7 heteroatoms. The van der Waals surface area contributed by atoms with Crippen LogP contribution in [0, 0.1) is 0 Å². The minimum absolute atomic E-state index is 0.146. The minimum Gasteiger partial charge on any atom is -0.466 e. The first-order valence-corrected chi connectivity index (χ1v) is 8.99. The van der Waals surface area contributed by atoms with Gasteiger partial charge < -0.3 is 9.30 Å². The number of benzene rings is 1. The number of thioether (sulfide) groups is 1. The van der Waals surface area contributed by atoms with E-state index in [2.05, 4.69) is 21.7 Å². The van der Waals surface area contributed by atoms with E-state index in [0.29, 0.717) is 18.1 Å². The molecule has 0 aliphatic carbocycles. The minimum atomic E-state index is -0.146. The second-order valence-electron chi connectivity index (χ2n) is 4.81. The fraction of sp³-hybridized carbons (Fsp3) is 0.438. The highest BCUT2D eigenvalue weighted by molar-refractivity contribution is 7.99. The van der Waals surface area contributed by atoms with Crippen LogP contribution in [0.1, 0.15) is 26.7 Å². The highest BCUT2D eigenvalue weighted by atomic mass is 35.5. The summed E-state index contributed by atoms with van der Waals surface area (Å²) in [6, 6.07) is 7.57. The summed E-state index contributed by atoms with van der Waals surface area (Å²) in [4.78, 5) is 11.3. The molecule has 1 aromatic carbocycles. The molecule has 0 fully saturated rings. The number of rotatable bonds is 8. The lowest BCUT2D eigenvalue weighted by Crippen LogP contribution is -2.04. The molecule has 0 N–H and O–H groups in total. The summed E-state index contributed by atoms with van der Waals surface area (Å²) in [7, 11) is 0. The van der Waals surface area contributed by atoms with Gasteiger partial charge in [0.15, 0.2) is 11.0 Å². The van der Waals surface area contributed by atoms with E-state index >= 15 is 0 Å². The number of esters is 1. The highest BCUT2D eigenvalue weighted by Crippen LogP contribution is 2.25. The topological polar surface area (TPSA) is 57.0 Å². The van der Waals surface area contributed by atoms with Crippen molar-refractivity contribution in [3.63, 3.8) is 0 Å². The Labute approximate surface area is 145 Å². The van der Waals surface area contributed by atoms with Gasteiger partial charge in [-0.3, -0.25) is 4.79 Å². The first-order valence-electron chi connectivity index (χ1n) is 7.63. The number of carbonyl (C=O) groups excluding carboxylic acids is 1. The van der Waals surface area contributed by atoms with Crippen LogP contribution in [0.5, 0.6) is 0 Å². The van der Waals surface area contributed by atoms with Crippen LogP contribution in [0.3, 0.4) is 0 Å². The SMILES string of the molecule is CCOC(=O)CCCSc1nnc(-c2ccc(Cl)cc2)n1CC. The fourth-order valence-corrected chi connectivity index (χ4v) is 3.17. The number of hydrogen-bond donors (Lipinski definition) is 0. The lowest BCUT2D eigenvalue weighted by atomic mass is 10.2. The zero-order valence-corrected chi connectivity index (χ0v) is 14.9. The van der Waals surface area contributed by atoms with E-state index in [4.69, 9.17) is 16.3 Å². The van der Waals surface area contributed by atoms with Gasteiger partial charge in [-0.25, -0.2) is 0 Å². The van der Waals surface area contributed by atoms with Crippen LogP contribution >= 0.6 is 23.4 Å². The van der Waals surface area contributed by atoms with Crippen LogP contribution in [0.25, 0.3) is 11.4 Å². The maximum absolute atomic E-state index is 11.3. The second-order valence-corrected chi connectivity index (χ2v) is 6.31. The Morgan fingerprint density at radius 3 is 2.65 bits per heavy atom. The van der Waals surface area contributed by atoms with Crippen molar-refractivity contribution in [3.8, 4) is 11.4 Å². The number of nitrogens with zero attached hydrogens (tertiary/aromatic N) is 3. The average molecular weight is 354 g/mol. The Balaban J connectivity index is 1.98. The number of halogens is 1. The van der Waals surface area contributed by atoms with Crippen LogP contribution in [0.15, 0.2) is 29.4 Å². The van der Waals surface area contributed by atoms with Crippen LogP contribution in [-0.4, -0.2) is 33.1 Å². The Morgan fingerprint density at radius 1 is 1.26 bits per heavy atom. The van der Waals surface area contributed by atoms with Crippen LogP contribution in [-0.2, 0) is 16.1 Å². The molecule has 5 nitrogen and oxygen atoms in total. The summed E-state index contributed by atoms with van der Waals surface area (Å²) in [5.41, 5.74) is 0.988. The van der Waals surface area contributed by atoms with Gasteiger partial charge in [0, 0.05) is 29.3 Å². The van der Waals surface area contributed by atoms with E-state index in [1.54, 1.807) is 11.8 Å². The van der Waals surface area contributed by atoms with Crippen molar-refractivity contribution in [3.05, 3.63) is 29.3 Å². The van der Waals surface area contributed by atoms with Crippen molar-refractivity contribution in [2.24, 2.45) is 0 Å². The zero-order chi connectivity index (χ0) is 16.7. The van der Waals surface area contributed by atoms with Gasteiger partial charge in [-0.05, 0) is 44.5 Å². The summed E-state index contributed by atoms with van der Waals surface area (Å²) in [5, 5.41) is 10.1. The molecule has 2 rings (SSSR count). The van der Waals surface area contributed by atoms with E-state index in [0.717, 1.165) is 35.3 Å². The van der Waals surface area contributed by atoms with Crippen LogP contribution in [0.2, 0.25) is 5.02 Å². The van der Waals surface area contributed by atoms with Gasteiger partial charge in [0.05, 0.1) is 6.61 Å². The Morgan fingerprint density at radius 2 is 2.00 bits per heavy atom. The van der Waals surface area contributed by atoms with Crippen molar-refractivity contribution in [1.82, 2.24) is 14.8 Å². The van der Waals surface area contributed by atoms with Crippen LogP contribution < -0.4 is 0 Å². The van der Waals surface area contributed by atoms with Crippen molar-refractivity contribution in [1.29, 1.82) is 0 Å². The van der Waals surface area contributed by atoms with Gasteiger partial charge in [-0.1, -0.05) is 23.4 Å². The Kier molecular flexibility index (Phi) is 6.92. The van der Waals surface area contributed by atoms with Crippen LogP contribution in [0.4, 0.5) is 0 Å². The Hall–Kier alpha value is -1.53. The maximum Gasteiger partial charge on any atom is 0.305 e.